The number of hydrogen-bond acceptors (Lipinski definition) is 3. The summed E-state index contributed by atoms with van der Waals surface area (Å²) in [6.07, 6.45) is 9.21. The van der Waals surface area contributed by atoms with Crippen LogP contribution in [0.3, 0.4) is 0 Å². The lowest BCUT2D eigenvalue weighted by Crippen LogP contribution is -2.11. The molecule has 1 aliphatic rings. The fourth-order valence-corrected chi connectivity index (χ4v) is 4.11. The predicted molar refractivity (Wildman–Crippen MR) is 108 cm³/mol. The van der Waals surface area contributed by atoms with Crippen molar-refractivity contribution in [2.75, 3.05) is 0 Å². The topological polar surface area (TPSA) is 42.9 Å². The Morgan fingerprint density at radius 3 is 2.12 bits per heavy atom. The van der Waals surface area contributed by atoms with E-state index in [2.05, 4.69) is 62.3 Å². The molecule has 0 fully saturated rings. The molecule has 128 valence electrons. The minimum absolute atomic E-state index is 0.289. The van der Waals surface area contributed by atoms with Crippen molar-refractivity contribution in [1.82, 2.24) is 9.97 Å². The van der Waals surface area contributed by atoms with Crippen LogP contribution in [0.1, 0.15) is 28.8 Å². The van der Waals surface area contributed by atoms with Gasteiger partial charge in [0.05, 0.1) is 0 Å². The summed E-state index contributed by atoms with van der Waals surface area (Å²) in [5.74, 6) is 0.289. The number of carbonyl (C=O) groups is 1. The largest absolute Gasteiger partial charge is 0.294 e. The van der Waals surface area contributed by atoms with Gasteiger partial charge in [-0.25, -0.2) is 0 Å². The molecule has 0 aliphatic heterocycles. The first-order chi connectivity index (χ1) is 12.8. The van der Waals surface area contributed by atoms with Crippen molar-refractivity contribution in [2.45, 2.75) is 19.3 Å². The van der Waals surface area contributed by atoms with Crippen LogP contribution >= 0.6 is 15.9 Å². The number of aromatic nitrogens is 2. The van der Waals surface area contributed by atoms with Gasteiger partial charge in [0, 0.05) is 41.2 Å². The van der Waals surface area contributed by atoms with Crippen LogP contribution in [0, 0.1) is 0 Å². The van der Waals surface area contributed by atoms with Gasteiger partial charge in [0.25, 0.3) is 0 Å². The van der Waals surface area contributed by atoms with Crippen LogP contribution < -0.4 is 0 Å². The molecule has 0 amide bonds. The Hall–Kier alpha value is -2.59. The summed E-state index contributed by atoms with van der Waals surface area (Å²) >= 11 is 3.68. The van der Waals surface area contributed by atoms with Gasteiger partial charge in [-0.15, -0.1) is 0 Å². The highest BCUT2D eigenvalue weighted by Crippen LogP contribution is 2.36. The molecule has 0 saturated carbocycles. The van der Waals surface area contributed by atoms with Gasteiger partial charge in [-0.3, -0.25) is 14.8 Å². The highest BCUT2D eigenvalue weighted by molar-refractivity contribution is 9.10. The summed E-state index contributed by atoms with van der Waals surface area (Å²) in [7, 11) is 0. The number of ketones is 1. The number of hydrogen-bond donors (Lipinski definition) is 0. The van der Waals surface area contributed by atoms with Gasteiger partial charge >= 0.3 is 0 Å². The molecule has 4 aromatic rings. The molecule has 0 atom stereocenters. The predicted octanol–water partition coefficient (Wildman–Crippen LogP) is 5.75. The highest BCUT2D eigenvalue weighted by Gasteiger charge is 2.20. The number of aryl methyl sites for hydroxylation is 1. The SMILES string of the molecule is O=C1CCCc2c1ccc1c2cc(Br)c2ccccc21.c1cnccn1. The van der Waals surface area contributed by atoms with Crippen molar-refractivity contribution in [3.05, 3.63) is 82.9 Å². The highest BCUT2D eigenvalue weighted by atomic mass is 79.9. The van der Waals surface area contributed by atoms with E-state index in [1.165, 1.54) is 27.1 Å². The lowest BCUT2D eigenvalue weighted by molar-refractivity contribution is 0.0973. The van der Waals surface area contributed by atoms with Crippen molar-refractivity contribution in [1.29, 1.82) is 0 Å². The quantitative estimate of drug-likeness (QED) is 0.350. The molecule has 3 nitrogen and oxygen atoms in total. The van der Waals surface area contributed by atoms with Gasteiger partial charge in [-0.1, -0.05) is 52.3 Å². The van der Waals surface area contributed by atoms with E-state index < -0.39 is 0 Å². The minimum atomic E-state index is 0.289. The second-order valence-corrected chi connectivity index (χ2v) is 7.12. The van der Waals surface area contributed by atoms with E-state index >= 15 is 0 Å². The van der Waals surface area contributed by atoms with Gasteiger partial charge in [0.2, 0.25) is 0 Å². The van der Waals surface area contributed by atoms with E-state index in [4.69, 9.17) is 0 Å². The molecule has 0 unspecified atom stereocenters. The van der Waals surface area contributed by atoms with Crippen LogP contribution in [0.15, 0.2) is 71.7 Å². The summed E-state index contributed by atoms with van der Waals surface area (Å²) in [6.45, 7) is 0. The van der Waals surface area contributed by atoms with Crippen LogP contribution in [0.25, 0.3) is 21.5 Å². The molecule has 26 heavy (non-hydrogen) atoms. The van der Waals surface area contributed by atoms with Crippen molar-refractivity contribution >= 4 is 43.3 Å². The minimum Gasteiger partial charge on any atom is -0.294 e. The first kappa shape index (κ1) is 16.9. The lowest BCUT2D eigenvalue weighted by atomic mass is 9.86. The van der Waals surface area contributed by atoms with E-state index in [1.54, 1.807) is 24.8 Å². The van der Waals surface area contributed by atoms with Crippen LogP contribution in [0.2, 0.25) is 0 Å². The van der Waals surface area contributed by atoms with Crippen LogP contribution in [-0.2, 0) is 6.42 Å². The third-order valence-corrected chi connectivity index (χ3v) is 5.37. The average molecular weight is 405 g/mol. The second-order valence-electron chi connectivity index (χ2n) is 6.26. The third-order valence-electron chi connectivity index (χ3n) is 4.71. The number of halogens is 1. The zero-order valence-electron chi connectivity index (χ0n) is 14.2. The van der Waals surface area contributed by atoms with Crippen molar-refractivity contribution in [3.63, 3.8) is 0 Å². The molecule has 3 aromatic carbocycles. The molecule has 0 spiro atoms. The van der Waals surface area contributed by atoms with Gasteiger partial charge < -0.3 is 0 Å². The van der Waals surface area contributed by atoms with E-state index in [0.29, 0.717) is 6.42 Å². The Labute approximate surface area is 160 Å². The molecule has 4 heteroatoms. The van der Waals surface area contributed by atoms with E-state index in [1.807, 2.05) is 6.07 Å². The van der Waals surface area contributed by atoms with Gasteiger partial charge in [0.1, 0.15) is 0 Å². The molecule has 1 aromatic heterocycles. The zero-order chi connectivity index (χ0) is 17.9. The zero-order valence-corrected chi connectivity index (χ0v) is 15.7. The Morgan fingerprint density at radius 2 is 1.42 bits per heavy atom. The van der Waals surface area contributed by atoms with Gasteiger partial charge in [-0.2, -0.15) is 0 Å². The third kappa shape index (κ3) is 3.13. The Balaban J connectivity index is 0.000000240. The van der Waals surface area contributed by atoms with Crippen LogP contribution in [0.5, 0.6) is 0 Å². The summed E-state index contributed by atoms with van der Waals surface area (Å²) < 4.78 is 1.10. The lowest BCUT2D eigenvalue weighted by Gasteiger charge is -2.18. The molecule has 0 N–H and O–H groups in total. The van der Waals surface area contributed by atoms with Gasteiger partial charge in [-0.05, 0) is 46.0 Å². The Morgan fingerprint density at radius 1 is 0.769 bits per heavy atom. The summed E-state index contributed by atoms with van der Waals surface area (Å²) in [5.41, 5.74) is 2.15. The number of carbonyl (C=O) groups excluding carboxylic acids is 1. The molecule has 1 heterocycles. The molecule has 0 radical (unpaired) electrons. The standard InChI is InChI=1S/C18H13BrO.C4H4N2/c19-17-10-16-12-6-3-7-18(20)15(12)9-8-13(16)11-4-1-2-5-14(11)17;1-2-6-4-3-5-1/h1-2,4-5,8-10H,3,6-7H2;1-4H. The fourth-order valence-electron chi connectivity index (χ4n) is 3.54. The van der Waals surface area contributed by atoms with Crippen LogP contribution in [0.4, 0.5) is 0 Å². The number of benzene rings is 3. The Kier molecular flexibility index (Phi) is 4.76. The first-order valence-corrected chi connectivity index (χ1v) is 9.41. The molecule has 1 aliphatic carbocycles. The maximum absolute atomic E-state index is 12.1. The summed E-state index contributed by atoms with van der Waals surface area (Å²) in [5, 5.41) is 4.94. The maximum atomic E-state index is 12.1. The van der Waals surface area contributed by atoms with E-state index in [0.717, 1.165) is 22.9 Å². The number of Topliss-reactive ketones (excluding diaryl/α,β-unsaturated/α-hetero) is 1. The smallest absolute Gasteiger partial charge is 0.163 e. The number of fused-ring (bicyclic) bond motifs is 5. The van der Waals surface area contributed by atoms with Gasteiger partial charge in [0.15, 0.2) is 5.78 Å². The normalized spacial score (nSPS) is 13.2. The maximum Gasteiger partial charge on any atom is 0.163 e. The number of rotatable bonds is 0. The van der Waals surface area contributed by atoms with Crippen molar-refractivity contribution in [2.24, 2.45) is 0 Å². The van der Waals surface area contributed by atoms with Crippen LogP contribution in [-0.4, -0.2) is 15.8 Å². The summed E-state index contributed by atoms with van der Waals surface area (Å²) in [4.78, 5) is 19.5. The number of nitrogens with zero attached hydrogens (tertiary/aromatic N) is 2. The van der Waals surface area contributed by atoms with E-state index in [-0.39, 0.29) is 5.78 Å². The average Bonchev–Trinajstić information content (AvgIpc) is 2.70. The van der Waals surface area contributed by atoms with E-state index in [9.17, 15) is 4.79 Å². The summed E-state index contributed by atoms with van der Waals surface area (Å²) in [6, 6.07) is 14.7. The molecule has 5 rings (SSSR count). The fraction of sp³-hybridized carbons (Fsp3) is 0.136. The molecule has 0 bridgehead atoms. The van der Waals surface area contributed by atoms with Crippen molar-refractivity contribution < 1.29 is 4.79 Å². The van der Waals surface area contributed by atoms with Crippen molar-refractivity contribution in [3.8, 4) is 0 Å². The first-order valence-electron chi connectivity index (χ1n) is 8.62. The molecule has 0 saturated heterocycles. The molecular weight excluding hydrogens is 388 g/mol. The second kappa shape index (κ2) is 7.34. The Bertz CT molecular complexity index is 1070. The molecular formula is C22H17BrN2O. The monoisotopic (exact) mass is 404 g/mol.